The minimum Gasteiger partial charge on any atom is -0.493 e. The maximum Gasteiger partial charge on any atom is 0.416 e. The van der Waals surface area contributed by atoms with Crippen molar-refractivity contribution in [2.75, 3.05) is 32.0 Å². The number of rotatable bonds is 6. The van der Waals surface area contributed by atoms with Crippen LogP contribution >= 0.6 is 11.8 Å². The Morgan fingerprint density at radius 1 is 0.946 bits per heavy atom. The Morgan fingerprint density at radius 3 is 2.16 bits per heavy atom. The number of hydrogen-bond acceptors (Lipinski definition) is 6. The molecule has 1 fully saturated rings. The van der Waals surface area contributed by atoms with Crippen LogP contribution in [0.4, 0.5) is 18.9 Å². The molecule has 0 unspecified atom stereocenters. The lowest BCUT2D eigenvalue weighted by Gasteiger charge is -2.47. The molecule has 0 spiro atoms. The molecule has 1 amide bonds. The summed E-state index contributed by atoms with van der Waals surface area (Å²) in [5.74, 6) is -0.282. The van der Waals surface area contributed by atoms with Gasteiger partial charge in [0.25, 0.3) is 0 Å². The fourth-order valence-electron chi connectivity index (χ4n) is 4.53. The van der Waals surface area contributed by atoms with E-state index in [0.29, 0.717) is 22.6 Å². The summed E-state index contributed by atoms with van der Waals surface area (Å²) in [6.07, 6.45) is -4.54. The van der Waals surface area contributed by atoms with Crippen LogP contribution in [-0.4, -0.2) is 39.0 Å². The third kappa shape index (κ3) is 4.73. The summed E-state index contributed by atoms with van der Waals surface area (Å²) in [6.45, 7) is 0. The summed E-state index contributed by atoms with van der Waals surface area (Å²) in [5.41, 5.74) is 0.450. The first kappa shape index (κ1) is 26.4. The first-order valence-electron chi connectivity index (χ1n) is 11.2. The molecule has 4 rings (SSSR count). The molecule has 2 atom stereocenters. The SMILES string of the molecule is COC(=O)[C@]1(c2ccccc2)SCC(=O)N(c2ccc(C(F)(F)F)cc2)[C@@H]1c1ccc(OC)c(OC)c1. The van der Waals surface area contributed by atoms with Crippen LogP contribution in [0.3, 0.4) is 0 Å². The molecule has 3 aromatic carbocycles. The second kappa shape index (κ2) is 10.4. The topological polar surface area (TPSA) is 65.1 Å². The Bertz CT molecular complexity index is 1280. The first-order chi connectivity index (χ1) is 17.7. The average Bonchev–Trinajstić information content (AvgIpc) is 2.92. The number of ether oxygens (including phenoxy) is 3. The monoisotopic (exact) mass is 531 g/mol. The van der Waals surface area contributed by atoms with Gasteiger partial charge in [-0.3, -0.25) is 9.59 Å². The van der Waals surface area contributed by atoms with Crippen molar-refractivity contribution in [1.29, 1.82) is 0 Å². The van der Waals surface area contributed by atoms with E-state index < -0.39 is 28.5 Å². The van der Waals surface area contributed by atoms with Crippen molar-refractivity contribution in [3.05, 3.63) is 89.5 Å². The molecule has 37 heavy (non-hydrogen) atoms. The maximum atomic E-state index is 13.6. The molecule has 1 heterocycles. The summed E-state index contributed by atoms with van der Waals surface area (Å²) < 4.78 is 54.4. The summed E-state index contributed by atoms with van der Waals surface area (Å²) >= 11 is 1.12. The summed E-state index contributed by atoms with van der Waals surface area (Å²) in [4.78, 5) is 28.4. The molecule has 1 aliphatic rings. The number of thioether (sulfide) groups is 1. The quantitative estimate of drug-likeness (QED) is 0.385. The standard InChI is InChI=1S/C27H24F3NO5S/c1-34-21-14-9-17(15-22(21)35-2)24-26(25(33)36-3,18-7-5-4-6-8-18)37-16-23(32)31(24)20-12-10-19(11-13-20)27(28,29)30/h4-15,24H,16H2,1-3H3/t24-,26-/m1/s1. The Labute approximate surface area is 216 Å². The van der Waals surface area contributed by atoms with Crippen molar-refractivity contribution < 1.29 is 37.0 Å². The van der Waals surface area contributed by atoms with Gasteiger partial charge in [0.15, 0.2) is 16.2 Å². The summed E-state index contributed by atoms with van der Waals surface area (Å²) in [7, 11) is 4.20. The van der Waals surface area contributed by atoms with E-state index in [9.17, 15) is 22.8 Å². The largest absolute Gasteiger partial charge is 0.493 e. The fraction of sp³-hybridized carbons (Fsp3) is 0.259. The highest BCUT2D eigenvalue weighted by atomic mass is 32.2. The van der Waals surface area contributed by atoms with Gasteiger partial charge in [-0.1, -0.05) is 36.4 Å². The molecule has 0 bridgehead atoms. The predicted molar refractivity (Wildman–Crippen MR) is 134 cm³/mol. The lowest BCUT2D eigenvalue weighted by molar-refractivity contribution is -0.145. The zero-order valence-electron chi connectivity index (χ0n) is 20.2. The molecule has 194 valence electrons. The number of carbonyl (C=O) groups is 2. The fourth-order valence-corrected chi connectivity index (χ4v) is 5.92. The zero-order valence-corrected chi connectivity index (χ0v) is 21.1. The van der Waals surface area contributed by atoms with Crippen molar-refractivity contribution in [3.8, 4) is 11.5 Å². The van der Waals surface area contributed by atoms with Crippen LogP contribution in [0.5, 0.6) is 11.5 Å². The second-order valence-corrected chi connectivity index (χ2v) is 9.43. The van der Waals surface area contributed by atoms with Gasteiger partial charge in [-0.05, 0) is 47.5 Å². The van der Waals surface area contributed by atoms with E-state index in [-0.39, 0.29) is 17.3 Å². The number of carbonyl (C=O) groups excluding carboxylic acids is 2. The van der Waals surface area contributed by atoms with Gasteiger partial charge in [0.1, 0.15) is 0 Å². The van der Waals surface area contributed by atoms with Crippen molar-refractivity contribution >= 4 is 29.3 Å². The Morgan fingerprint density at radius 2 is 1.59 bits per heavy atom. The molecule has 10 heteroatoms. The van der Waals surface area contributed by atoms with Crippen molar-refractivity contribution in [3.63, 3.8) is 0 Å². The predicted octanol–water partition coefficient (Wildman–Crippen LogP) is 5.61. The maximum absolute atomic E-state index is 13.6. The number of esters is 1. The number of benzene rings is 3. The number of amides is 1. The first-order valence-corrected chi connectivity index (χ1v) is 12.1. The second-order valence-electron chi connectivity index (χ2n) is 8.21. The molecule has 0 saturated carbocycles. The molecule has 6 nitrogen and oxygen atoms in total. The van der Waals surface area contributed by atoms with Crippen LogP contribution < -0.4 is 14.4 Å². The number of hydrogen-bond donors (Lipinski definition) is 0. The van der Waals surface area contributed by atoms with E-state index in [2.05, 4.69) is 0 Å². The molecule has 0 aliphatic carbocycles. The van der Waals surface area contributed by atoms with E-state index in [1.807, 2.05) is 0 Å². The van der Waals surface area contributed by atoms with E-state index in [1.54, 1.807) is 48.5 Å². The van der Waals surface area contributed by atoms with Gasteiger partial charge in [0.2, 0.25) is 5.91 Å². The Kier molecular flexibility index (Phi) is 7.40. The highest BCUT2D eigenvalue weighted by molar-refractivity contribution is 8.01. The van der Waals surface area contributed by atoms with Gasteiger partial charge in [-0.25, -0.2) is 0 Å². The van der Waals surface area contributed by atoms with Crippen LogP contribution in [0, 0.1) is 0 Å². The molecular weight excluding hydrogens is 507 g/mol. The van der Waals surface area contributed by atoms with Crippen LogP contribution in [0.1, 0.15) is 22.7 Å². The van der Waals surface area contributed by atoms with Crippen molar-refractivity contribution in [1.82, 2.24) is 0 Å². The van der Waals surface area contributed by atoms with Crippen LogP contribution in [0.25, 0.3) is 0 Å². The average molecular weight is 532 g/mol. The van der Waals surface area contributed by atoms with Gasteiger partial charge in [-0.2, -0.15) is 13.2 Å². The lowest BCUT2D eigenvalue weighted by Crippen LogP contribution is -2.55. The van der Waals surface area contributed by atoms with Crippen molar-refractivity contribution in [2.45, 2.75) is 17.0 Å². The molecule has 0 radical (unpaired) electrons. The van der Waals surface area contributed by atoms with Gasteiger partial charge in [0.05, 0.1) is 38.7 Å². The minimum atomic E-state index is -4.54. The molecule has 1 aliphatic heterocycles. The highest BCUT2D eigenvalue weighted by Gasteiger charge is 2.57. The molecule has 3 aromatic rings. The number of alkyl halides is 3. The van der Waals surface area contributed by atoms with Gasteiger partial charge in [-0.15, -0.1) is 11.8 Å². The third-order valence-electron chi connectivity index (χ3n) is 6.22. The number of nitrogens with zero attached hydrogens (tertiary/aromatic N) is 1. The normalized spacial score (nSPS) is 19.9. The zero-order chi connectivity index (χ0) is 26.8. The molecule has 0 aromatic heterocycles. The molecule has 1 saturated heterocycles. The van der Waals surface area contributed by atoms with Crippen molar-refractivity contribution in [2.24, 2.45) is 0 Å². The Hall–Kier alpha value is -3.66. The minimum absolute atomic E-state index is 0.102. The Balaban J connectivity index is 2.00. The summed E-state index contributed by atoms with van der Waals surface area (Å²) in [5, 5.41) is 0. The molecular formula is C27H24F3NO5S. The number of anilines is 1. The number of methoxy groups -OCH3 is 3. The summed E-state index contributed by atoms with van der Waals surface area (Å²) in [6, 6.07) is 17.2. The lowest BCUT2D eigenvalue weighted by atomic mass is 9.83. The van der Waals surface area contributed by atoms with E-state index >= 15 is 0 Å². The van der Waals surface area contributed by atoms with Gasteiger partial charge < -0.3 is 19.1 Å². The van der Waals surface area contributed by atoms with E-state index in [4.69, 9.17) is 14.2 Å². The highest BCUT2D eigenvalue weighted by Crippen LogP contribution is 2.55. The van der Waals surface area contributed by atoms with Crippen LogP contribution in [-0.2, 0) is 25.2 Å². The third-order valence-corrected chi connectivity index (χ3v) is 7.69. The van der Waals surface area contributed by atoms with E-state index in [0.717, 1.165) is 23.9 Å². The van der Waals surface area contributed by atoms with Crippen LogP contribution in [0.2, 0.25) is 0 Å². The van der Waals surface area contributed by atoms with Crippen LogP contribution in [0.15, 0.2) is 72.8 Å². The number of halogens is 3. The van der Waals surface area contributed by atoms with Gasteiger partial charge in [0, 0.05) is 5.69 Å². The smallest absolute Gasteiger partial charge is 0.416 e. The van der Waals surface area contributed by atoms with Gasteiger partial charge >= 0.3 is 12.1 Å². The molecule has 0 N–H and O–H groups in total. The van der Waals surface area contributed by atoms with E-state index in [1.165, 1.54) is 38.4 Å².